The lowest BCUT2D eigenvalue weighted by Crippen LogP contribution is -2.07. The lowest BCUT2D eigenvalue weighted by molar-refractivity contribution is -0.112. The van der Waals surface area contributed by atoms with Crippen LogP contribution in [0.3, 0.4) is 0 Å². The molecule has 0 fully saturated rings. The maximum Gasteiger partial charge on any atom is 0.347 e. The number of hydrogen-bond donors (Lipinski definition) is 1. The van der Waals surface area contributed by atoms with E-state index >= 15 is 0 Å². The van der Waals surface area contributed by atoms with Gasteiger partial charge in [-0.3, -0.25) is 4.79 Å². The summed E-state index contributed by atoms with van der Waals surface area (Å²) >= 11 is 11.7. The molecular weight excluding hydrogens is 291 g/mol. The second kappa shape index (κ2) is 5.07. The molecule has 0 saturated heterocycles. The first-order valence-corrected chi connectivity index (χ1v) is 5.98. The van der Waals surface area contributed by atoms with Gasteiger partial charge in [-0.25, -0.2) is 4.79 Å². The van der Waals surface area contributed by atoms with Crippen LogP contribution in [0.5, 0.6) is 0 Å². The van der Waals surface area contributed by atoms with Gasteiger partial charge in [0, 0.05) is 16.5 Å². The minimum atomic E-state index is -0.785. The van der Waals surface area contributed by atoms with Crippen molar-refractivity contribution in [1.82, 2.24) is 0 Å². The summed E-state index contributed by atoms with van der Waals surface area (Å²) in [7, 11) is 0. The Morgan fingerprint density at radius 1 is 1.32 bits per heavy atom. The maximum absolute atomic E-state index is 11.7. The van der Waals surface area contributed by atoms with Crippen LogP contribution in [0.2, 0.25) is 10.0 Å². The highest BCUT2D eigenvalue weighted by atomic mass is 35.5. The van der Waals surface area contributed by atoms with E-state index in [0.29, 0.717) is 10.4 Å². The van der Waals surface area contributed by atoms with Gasteiger partial charge in [-0.1, -0.05) is 23.2 Å². The maximum atomic E-state index is 11.7. The highest BCUT2D eigenvalue weighted by Crippen LogP contribution is 2.28. The summed E-state index contributed by atoms with van der Waals surface area (Å²) in [6.07, 6.45) is 0.935. The summed E-state index contributed by atoms with van der Waals surface area (Å²) in [5, 5.41) is 10.7. The van der Waals surface area contributed by atoms with E-state index in [0.717, 1.165) is 6.08 Å². The molecule has 0 aliphatic rings. The Kier molecular flexibility index (Phi) is 3.64. The first-order valence-electron chi connectivity index (χ1n) is 5.23. The lowest BCUT2D eigenvalue weighted by atomic mass is 10.1. The average Bonchev–Trinajstić information content (AvgIpc) is 2.28. The normalized spacial score (nSPS) is 11.8. The molecule has 0 aliphatic heterocycles. The van der Waals surface area contributed by atoms with Crippen molar-refractivity contribution in [3.8, 4) is 0 Å². The molecule has 0 aliphatic carbocycles. The van der Waals surface area contributed by atoms with Gasteiger partial charge in [0.25, 0.3) is 0 Å². The van der Waals surface area contributed by atoms with Crippen LogP contribution in [-0.2, 0) is 4.79 Å². The molecule has 2 aromatic rings. The van der Waals surface area contributed by atoms with Gasteiger partial charge in [-0.05, 0) is 25.1 Å². The summed E-state index contributed by atoms with van der Waals surface area (Å²) in [6.45, 7) is 1.26. The number of allylic oxidation sites excluding steroid dienone is 1. The number of fused-ring (bicyclic) bond motifs is 1. The summed E-state index contributed by atoms with van der Waals surface area (Å²) in [5.41, 5.74) is -0.733. The standard InChI is InChI=1S/C13H8Cl2O4/c1-6(16)2-11(17)9-4-7-3-8(14)5-10(15)12(7)19-13(9)18/h2-5,17H,1H3/b11-2-. The van der Waals surface area contributed by atoms with E-state index in [1.807, 2.05) is 0 Å². The predicted octanol–water partition coefficient (Wildman–Crippen LogP) is 3.59. The molecule has 0 bridgehead atoms. The summed E-state index contributed by atoms with van der Waals surface area (Å²) in [6, 6.07) is 4.35. The van der Waals surface area contributed by atoms with Crippen molar-refractivity contribution in [1.29, 1.82) is 0 Å². The largest absolute Gasteiger partial charge is 0.507 e. The Bertz CT molecular complexity index is 759. The van der Waals surface area contributed by atoms with Crippen molar-refractivity contribution >= 4 is 45.7 Å². The quantitative estimate of drug-likeness (QED) is 0.523. The number of hydrogen-bond acceptors (Lipinski definition) is 4. The number of benzene rings is 1. The smallest absolute Gasteiger partial charge is 0.347 e. The Hall–Kier alpha value is -1.78. The molecule has 0 unspecified atom stereocenters. The third kappa shape index (κ3) is 2.80. The number of ketones is 1. The van der Waals surface area contributed by atoms with Crippen LogP contribution in [0.15, 0.2) is 33.5 Å². The monoisotopic (exact) mass is 298 g/mol. The van der Waals surface area contributed by atoms with Crippen LogP contribution in [0.25, 0.3) is 16.7 Å². The third-order valence-corrected chi connectivity index (χ3v) is 2.87. The molecule has 0 radical (unpaired) electrons. The van der Waals surface area contributed by atoms with E-state index < -0.39 is 11.4 Å². The van der Waals surface area contributed by atoms with Crippen molar-refractivity contribution in [3.63, 3.8) is 0 Å². The van der Waals surface area contributed by atoms with Gasteiger partial charge >= 0.3 is 5.63 Å². The molecule has 6 heteroatoms. The van der Waals surface area contributed by atoms with E-state index in [1.165, 1.54) is 25.1 Å². The van der Waals surface area contributed by atoms with Gasteiger partial charge in [0.2, 0.25) is 0 Å². The first-order chi connectivity index (χ1) is 8.88. The summed E-state index contributed by atoms with van der Waals surface area (Å²) in [5.74, 6) is -0.847. The number of carbonyl (C=O) groups excluding carboxylic acids is 1. The summed E-state index contributed by atoms with van der Waals surface area (Å²) in [4.78, 5) is 22.6. The van der Waals surface area contributed by atoms with Gasteiger partial charge in [-0.15, -0.1) is 0 Å². The van der Waals surface area contributed by atoms with E-state index in [-0.39, 0.29) is 22.0 Å². The fraction of sp³-hybridized carbons (Fsp3) is 0.0769. The molecule has 0 spiro atoms. The van der Waals surface area contributed by atoms with Crippen LogP contribution in [-0.4, -0.2) is 10.9 Å². The van der Waals surface area contributed by atoms with Crippen LogP contribution < -0.4 is 5.63 Å². The molecule has 98 valence electrons. The number of rotatable bonds is 2. The molecule has 0 amide bonds. The Labute approximate surface area is 117 Å². The van der Waals surface area contributed by atoms with Crippen LogP contribution >= 0.6 is 23.2 Å². The fourth-order valence-electron chi connectivity index (χ4n) is 1.61. The molecule has 1 heterocycles. The number of aliphatic hydroxyl groups excluding tert-OH is 1. The van der Waals surface area contributed by atoms with Crippen molar-refractivity contribution in [2.45, 2.75) is 6.92 Å². The van der Waals surface area contributed by atoms with E-state index in [2.05, 4.69) is 0 Å². The molecule has 2 rings (SSSR count). The zero-order valence-electron chi connectivity index (χ0n) is 9.74. The Morgan fingerprint density at radius 2 is 2.00 bits per heavy atom. The Morgan fingerprint density at radius 3 is 2.63 bits per heavy atom. The zero-order valence-corrected chi connectivity index (χ0v) is 11.2. The first kappa shape index (κ1) is 13.6. The van der Waals surface area contributed by atoms with Gasteiger partial charge in [0.05, 0.1) is 5.02 Å². The van der Waals surface area contributed by atoms with Crippen molar-refractivity contribution in [3.05, 3.63) is 50.3 Å². The van der Waals surface area contributed by atoms with Crippen molar-refractivity contribution < 1.29 is 14.3 Å². The van der Waals surface area contributed by atoms with Crippen molar-refractivity contribution in [2.24, 2.45) is 0 Å². The average molecular weight is 299 g/mol. The van der Waals surface area contributed by atoms with E-state index in [4.69, 9.17) is 27.6 Å². The summed E-state index contributed by atoms with van der Waals surface area (Å²) < 4.78 is 5.02. The predicted molar refractivity (Wildman–Crippen MR) is 73.8 cm³/mol. The van der Waals surface area contributed by atoms with Gasteiger partial charge < -0.3 is 9.52 Å². The molecule has 0 saturated carbocycles. The molecular formula is C13H8Cl2O4. The van der Waals surface area contributed by atoms with Gasteiger partial charge in [-0.2, -0.15) is 0 Å². The lowest BCUT2D eigenvalue weighted by Gasteiger charge is -2.03. The van der Waals surface area contributed by atoms with Crippen LogP contribution in [0.1, 0.15) is 12.5 Å². The topological polar surface area (TPSA) is 67.5 Å². The Balaban J connectivity index is 2.75. The number of carbonyl (C=O) groups is 1. The van der Waals surface area contributed by atoms with Crippen molar-refractivity contribution in [2.75, 3.05) is 0 Å². The second-order valence-corrected chi connectivity index (χ2v) is 4.74. The molecule has 0 atom stereocenters. The van der Waals surface area contributed by atoms with Gasteiger partial charge in [0.15, 0.2) is 11.4 Å². The molecule has 1 aromatic carbocycles. The van der Waals surface area contributed by atoms with Gasteiger partial charge in [0.1, 0.15) is 11.3 Å². The fourth-order valence-corrected chi connectivity index (χ4v) is 2.15. The SMILES string of the molecule is CC(=O)/C=C(\O)c1cc2cc(Cl)cc(Cl)c2oc1=O. The zero-order chi connectivity index (χ0) is 14.2. The third-order valence-electron chi connectivity index (χ3n) is 2.37. The highest BCUT2D eigenvalue weighted by molar-refractivity contribution is 6.38. The minimum absolute atomic E-state index is 0.124. The van der Waals surface area contributed by atoms with E-state index in [1.54, 1.807) is 0 Å². The molecule has 19 heavy (non-hydrogen) atoms. The molecule has 1 N–H and O–H groups in total. The number of halogens is 2. The highest BCUT2D eigenvalue weighted by Gasteiger charge is 2.12. The molecule has 1 aromatic heterocycles. The minimum Gasteiger partial charge on any atom is -0.507 e. The van der Waals surface area contributed by atoms with Crippen LogP contribution in [0, 0.1) is 0 Å². The number of aliphatic hydroxyl groups is 1. The molecule has 4 nitrogen and oxygen atoms in total. The van der Waals surface area contributed by atoms with Crippen LogP contribution in [0.4, 0.5) is 0 Å². The van der Waals surface area contributed by atoms with E-state index in [9.17, 15) is 14.7 Å². The second-order valence-electron chi connectivity index (χ2n) is 3.89.